The van der Waals surface area contributed by atoms with Gasteiger partial charge in [-0.25, -0.2) is 4.98 Å². The molecule has 0 atom stereocenters. The van der Waals surface area contributed by atoms with Crippen molar-refractivity contribution in [1.82, 2.24) is 10.3 Å². The number of nitrogens with zero attached hydrogens (tertiary/aromatic N) is 2. The number of hydrogen-bond acceptors (Lipinski definition) is 3. The average Bonchev–Trinajstić information content (AvgIpc) is 3.14. The predicted molar refractivity (Wildman–Crippen MR) is 97.5 cm³/mol. The van der Waals surface area contributed by atoms with Crippen molar-refractivity contribution in [3.63, 3.8) is 0 Å². The Bertz CT molecular complexity index is 731. The second kappa shape index (κ2) is 6.80. The van der Waals surface area contributed by atoms with Crippen LogP contribution in [0.15, 0.2) is 30.5 Å². The maximum absolute atomic E-state index is 12.7. The van der Waals surface area contributed by atoms with Gasteiger partial charge in [0.15, 0.2) is 0 Å². The Labute approximate surface area is 143 Å². The number of carbonyl (C=O) groups excluding carboxylic acids is 1. The van der Waals surface area contributed by atoms with Crippen LogP contribution in [0.1, 0.15) is 55.3 Å². The lowest BCUT2D eigenvalue weighted by Gasteiger charge is -2.29. The minimum absolute atomic E-state index is 0.0239. The van der Waals surface area contributed by atoms with E-state index in [0.717, 1.165) is 42.5 Å². The zero-order chi connectivity index (χ0) is 16.4. The van der Waals surface area contributed by atoms with Gasteiger partial charge in [0.05, 0.1) is 5.56 Å². The Kier molecular flexibility index (Phi) is 4.37. The number of aromatic nitrogens is 1. The lowest BCUT2D eigenvalue weighted by atomic mass is 10.0. The summed E-state index contributed by atoms with van der Waals surface area (Å²) in [7, 11) is 0. The number of fused-ring (bicyclic) bond motifs is 1. The second-order valence-corrected chi connectivity index (χ2v) is 7.04. The van der Waals surface area contributed by atoms with Gasteiger partial charge in [-0.15, -0.1) is 0 Å². The highest BCUT2D eigenvalue weighted by Gasteiger charge is 2.21. The highest BCUT2D eigenvalue weighted by atomic mass is 16.1. The fraction of sp³-hybridized carbons (Fsp3) is 0.500. The highest BCUT2D eigenvalue weighted by molar-refractivity contribution is 6.09. The summed E-state index contributed by atoms with van der Waals surface area (Å²) in [6, 6.07) is 8.52. The molecule has 126 valence electrons. The predicted octanol–water partition coefficient (Wildman–Crippen LogP) is 3.90. The van der Waals surface area contributed by atoms with Crippen LogP contribution in [0.5, 0.6) is 0 Å². The van der Waals surface area contributed by atoms with Gasteiger partial charge in [-0.2, -0.15) is 0 Å². The summed E-state index contributed by atoms with van der Waals surface area (Å²) in [5.74, 6) is 1.05. The standard InChI is InChI=1S/C20H25N3O/c24-20(22-15-8-2-3-9-15)18-14-21-19(23-12-6-1-7-13-23)17-11-5-4-10-16(17)18/h4-5,10-11,14-15H,1-3,6-9,12-13H2,(H,22,24). The number of carbonyl (C=O) groups is 1. The molecule has 1 aromatic carbocycles. The molecule has 24 heavy (non-hydrogen) atoms. The summed E-state index contributed by atoms with van der Waals surface area (Å²) in [4.78, 5) is 19.8. The molecule has 0 bridgehead atoms. The molecule has 0 radical (unpaired) electrons. The molecule has 2 aliphatic rings. The van der Waals surface area contributed by atoms with E-state index in [9.17, 15) is 4.79 Å². The molecule has 1 N–H and O–H groups in total. The lowest BCUT2D eigenvalue weighted by Crippen LogP contribution is -2.33. The van der Waals surface area contributed by atoms with E-state index in [1.54, 1.807) is 6.20 Å². The Morgan fingerprint density at radius 1 is 1.00 bits per heavy atom. The van der Waals surface area contributed by atoms with Crippen molar-refractivity contribution in [1.29, 1.82) is 0 Å². The quantitative estimate of drug-likeness (QED) is 0.932. The van der Waals surface area contributed by atoms with Gasteiger partial charge >= 0.3 is 0 Å². The molecule has 4 nitrogen and oxygen atoms in total. The third-order valence-electron chi connectivity index (χ3n) is 5.36. The third kappa shape index (κ3) is 2.97. The Morgan fingerprint density at radius 3 is 2.46 bits per heavy atom. The lowest BCUT2D eigenvalue weighted by molar-refractivity contribution is 0.0939. The molecule has 4 heteroatoms. The van der Waals surface area contributed by atoms with Gasteiger partial charge in [-0.3, -0.25) is 4.79 Å². The van der Waals surface area contributed by atoms with Gasteiger partial charge in [0.25, 0.3) is 5.91 Å². The summed E-state index contributed by atoms with van der Waals surface area (Å²) >= 11 is 0. The van der Waals surface area contributed by atoms with Crippen molar-refractivity contribution >= 4 is 22.5 Å². The van der Waals surface area contributed by atoms with Crippen LogP contribution in [0.2, 0.25) is 0 Å². The van der Waals surface area contributed by atoms with Crippen molar-refractivity contribution in [2.75, 3.05) is 18.0 Å². The molecule has 2 heterocycles. The molecule has 1 aliphatic carbocycles. The SMILES string of the molecule is O=C(NC1CCCC1)c1cnc(N2CCCCC2)c2ccccc12. The largest absolute Gasteiger partial charge is 0.356 e. The summed E-state index contributed by atoms with van der Waals surface area (Å²) in [5.41, 5.74) is 0.707. The zero-order valence-electron chi connectivity index (χ0n) is 14.1. The van der Waals surface area contributed by atoms with Gasteiger partial charge in [-0.05, 0) is 37.5 Å². The van der Waals surface area contributed by atoms with Crippen molar-refractivity contribution < 1.29 is 4.79 Å². The van der Waals surface area contributed by atoms with E-state index < -0.39 is 0 Å². The van der Waals surface area contributed by atoms with Crippen LogP contribution in [0.3, 0.4) is 0 Å². The molecule has 1 saturated carbocycles. The van der Waals surface area contributed by atoms with E-state index in [1.807, 2.05) is 18.2 Å². The van der Waals surface area contributed by atoms with Crippen LogP contribution >= 0.6 is 0 Å². The zero-order valence-corrected chi connectivity index (χ0v) is 14.1. The topological polar surface area (TPSA) is 45.2 Å². The van der Waals surface area contributed by atoms with Gasteiger partial charge in [-0.1, -0.05) is 37.1 Å². The number of benzene rings is 1. The number of anilines is 1. The smallest absolute Gasteiger partial charge is 0.253 e. The van der Waals surface area contributed by atoms with E-state index in [4.69, 9.17) is 4.98 Å². The second-order valence-electron chi connectivity index (χ2n) is 7.04. The Balaban J connectivity index is 1.68. The minimum Gasteiger partial charge on any atom is -0.356 e. The fourth-order valence-corrected chi connectivity index (χ4v) is 4.05. The molecular weight excluding hydrogens is 298 g/mol. The maximum Gasteiger partial charge on any atom is 0.253 e. The van der Waals surface area contributed by atoms with Crippen LogP contribution < -0.4 is 10.2 Å². The number of piperidine rings is 1. The molecule has 4 rings (SSSR count). The molecule has 1 saturated heterocycles. The molecule has 1 aliphatic heterocycles. The average molecular weight is 323 g/mol. The van der Waals surface area contributed by atoms with Crippen molar-refractivity contribution in [3.05, 3.63) is 36.0 Å². The van der Waals surface area contributed by atoms with Crippen LogP contribution in [0, 0.1) is 0 Å². The van der Waals surface area contributed by atoms with E-state index >= 15 is 0 Å². The summed E-state index contributed by atoms with van der Waals surface area (Å²) in [6.07, 6.45) is 10.2. The van der Waals surface area contributed by atoms with Crippen LogP contribution in [0.25, 0.3) is 10.8 Å². The molecule has 1 aromatic heterocycles. The fourth-order valence-electron chi connectivity index (χ4n) is 4.05. The molecular formula is C20H25N3O. The van der Waals surface area contributed by atoms with Crippen LogP contribution in [-0.2, 0) is 0 Å². The number of rotatable bonds is 3. The normalized spacial score (nSPS) is 18.9. The number of amides is 1. The van der Waals surface area contributed by atoms with E-state index in [-0.39, 0.29) is 5.91 Å². The van der Waals surface area contributed by atoms with Gasteiger partial charge in [0.1, 0.15) is 5.82 Å². The third-order valence-corrected chi connectivity index (χ3v) is 5.36. The molecule has 1 amide bonds. The molecule has 2 aromatic rings. The Hall–Kier alpha value is -2.10. The number of nitrogens with one attached hydrogen (secondary N) is 1. The van der Waals surface area contributed by atoms with Gasteiger partial charge < -0.3 is 10.2 Å². The highest BCUT2D eigenvalue weighted by Crippen LogP contribution is 2.29. The summed E-state index contributed by atoms with van der Waals surface area (Å²) < 4.78 is 0. The van der Waals surface area contributed by atoms with Crippen LogP contribution in [0.4, 0.5) is 5.82 Å². The van der Waals surface area contributed by atoms with E-state index in [2.05, 4.69) is 16.3 Å². The first-order chi connectivity index (χ1) is 11.8. The maximum atomic E-state index is 12.7. The molecule has 0 unspecified atom stereocenters. The Morgan fingerprint density at radius 2 is 1.71 bits per heavy atom. The monoisotopic (exact) mass is 323 g/mol. The first-order valence-corrected chi connectivity index (χ1v) is 9.26. The van der Waals surface area contributed by atoms with Crippen LogP contribution in [-0.4, -0.2) is 30.0 Å². The number of hydrogen-bond donors (Lipinski definition) is 1. The van der Waals surface area contributed by atoms with Crippen molar-refractivity contribution in [2.45, 2.75) is 51.0 Å². The summed E-state index contributed by atoms with van der Waals surface area (Å²) in [6.45, 7) is 2.12. The number of pyridine rings is 1. The molecule has 0 spiro atoms. The van der Waals surface area contributed by atoms with Crippen molar-refractivity contribution in [3.8, 4) is 0 Å². The van der Waals surface area contributed by atoms with E-state index in [1.165, 1.54) is 32.1 Å². The molecule has 2 fully saturated rings. The first-order valence-electron chi connectivity index (χ1n) is 9.26. The van der Waals surface area contributed by atoms with Crippen molar-refractivity contribution in [2.24, 2.45) is 0 Å². The minimum atomic E-state index is 0.0239. The van der Waals surface area contributed by atoms with E-state index in [0.29, 0.717) is 11.6 Å². The first kappa shape index (κ1) is 15.4. The van der Waals surface area contributed by atoms with Gasteiger partial charge in [0, 0.05) is 30.7 Å². The summed E-state index contributed by atoms with van der Waals surface area (Å²) in [5, 5.41) is 5.31. The van der Waals surface area contributed by atoms with Gasteiger partial charge in [0.2, 0.25) is 0 Å².